The van der Waals surface area contributed by atoms with Crippen LogP contribution >= 0.6 is 38.5 Å². The quantitative estimate of drug-likeness (QED) is 0.325. The maximum absolute atomic E-state index is 13.0. The van der Waals surface area contributed by atoms with Gasteiger partial charge in [-0.1, -0.05) is 22.0 Å². The smallest absolute Gasteiger partial charge is 0.310 e. The standard InChI is InChI=1S/C22H18BrIN2O4/c23-18-14-9-15-17(22(29)30-19(15)18)16(14)21(28)26-13-3-1-2-10(8-13)20(27)25-12-6-4-11(24)5-7-12/h1-8,14-19H,9H2,(H,25,27)(H,26,28)/t14-,15-,16-,17-,18+,19+/m1/s1. The van der Waals surface area contributed by atoms with E-state index in [9.17, 15) is 14.4 Å². The van der Waals surface area contributed by atoms with E-state index >= 15 is 0 Å². The van der Waals surface area contributed by atoms with Gasteiger partial charge in [-0.2, -0.15) is 0 Å². The summed E-state index contributed by atoms with van der Waals surface area (Å²) in [6.45, 7) is 0. The Hall–Kier alpha value is -1.94. The maximum Gasteiger partial charge on any atom is 0.310 e. The first-order valence-electron chi connectivity index (χ1n) is 9.75. The van der Waals surface area contributed by atoms with Crippen molar-refractivity contribution in [1.82, 2.24) is 0 Å². The topological polar surface area (TPSA) is 84.5 Å². The highest BCUT2D eigenvalue weighted by atomic mass is 127. The maximum atomic E-state index is 13.0. The molecule has 154 valence electrons. The lowest BCUT2D eigenvalue weighted by Gasteiger charge is -2.27. The van der Waals surface area contributed by atoms with E-state index in [0.717, 1.165) is 9.99 Å². The number of benzene rings is 2. The Morgan fingerprint density at radius 1 is 1.03 bits per heavy atom. The molecule has 0 unspecified atom stereocenters. The van der Waals surface area contributed by atoms with Crippen LogP contribution in [0.5, 0.6) is 0 Å². The molecule has 2 amide bonds. The summed E-state index contributed by atoms with van der Waals surface area (Å²) in [7, 11) is 0. The van der Waals surface area contributed by atoms with Crippen molar-refractivity contribution < 1.29 is 19.1 Å². The zero-order valence-electron chi connectivity index (χ0n) is 15.7. The van der Waals surface area contributed by atoms with Crippen molar-refractivity contribution in [1.29, 1.82) is 0 Å². The molecule has 0 radical (unpaired) electrons. The highest BCUT2D eigenvalue weighted by Crippen LogP contribution is 2.60. The molecule has 1 aliphatic heterocycles. The van der Waals surface area contributed by atoms with Gasteiger partial charge in [-0.3, -0.25) is 14.4 Å². The summed E-state index contributed by atoms with van der Waals surface area (Å²) in [6, 6.07) is 14.3. The molecule has 30 heavy (non-hydrogen) atoms. The summed E-state index contributed by atoms with van der Waals surface area (Å²) >= 11 is 5.83. The van der Waals surface area contributed by atoms with Gasteiger partial charge >= 0.3 is 5.97 Å². The van der Waals surface area contributed by atoms with Crippen molar-refractivity contribution in [3.63, 3.8) is 0 Å². The number of amides is 2. The summed E-state index contributed by atoms with van der Waals surface area (Å²) in [6.07, 6.45) is 0.720. The molecule has 0 spiro atoms. The molecule has 0 aromatic heterocycles. The van der Waals surface area contributed by atoms with Crippen molar-refractivity contribution in [3.05, 3.63) is 57.7 Å². The number of nitrogens with one attached hydrogen (secondary N) is 2. The van der Waals surface area contributed by atoms with Gasteiger partial charge in [0.05, 0.1) is 16.7 Å². The summed E-state index contributed by atoms with van der Waals surface area (Å²) in [5.41, 5.74) is 1.68. The number of hydrogen-bond acceptors (Lipinski definition) is 4. The van der Waals surface area contributed by atoms with Crippen LogP contribution in [0.4, 0.5) is 11.4 Å². The summed E-state index contributed by atoms with van der Waals surface area (Å²) in [5, 5.41) is 5.76. The molecule has 2 saturated carbocycles. The Balaban J connectivity index is 1.30. The lowest BCUT2D eigenvalue weighted by atomic mass is 9.79. The normalized spacial score (nSPS) is 30.8. The highest BCUT2D eigenvalue weighted by molar-refractivity contribution is 14.1. The molecule has 1 heterocycles. The number of ether oxygens (including phenoxy) is 1. The average molecular weight is 581 g/mol. The van der Waals surface area contributed by atoms with Gasteiger partial charge in [0.1, 0.15) is 6.10 Å². The molecule has 8 heteroatoms. The Kier molecular flexibility index (Phi) is 5.09. The molecule has 1 saturated heterocycles. The van der Waals surface area contributed by atoms with Crippen molar-refractivity contribution in [2.24, 2.45) is 23.7 Å². The zero-order valence-corrected chi connectivity index (χ0v) is 19.4. The fourth-order valence-electron chi connectivity index (χ4n) is 5.03. The Morgan fingerprint density at radius 2 is 1.80 bits per heavy atom. The predicted molar refractivity (Wildman–Crippen MR) is 123 cm³/mol. The average Bonchev–Trinajstić information content (AvgIpc) is 3.34. The van der Waals surface area contributed by atoms with Gasteiger partial charge in [-0.05, 0) is 77.4 Å². The van der Waals surface area contributed by atoms with E-state index in [0.29, 0.717) is 16.9 Å². The van der Waals surface area contributed by atoms with Crippen molar-refractivity contribution >= 4 is 67.7 Å². The molecule has 3 aliphatic rings. The van der Waals surface area contributed by atoms with Gasteiger partial charge in [-0.25, -0.2) is 0 Å². The molecule has 2 N–H and O–H groups in total. The van der Waals surface area contributed by atoms with E-state index in [4.69, 9.17) is 4.74 Å². The first-order chi connectivity index (χ1) is 14.4. The minimum atomic E-state index is -0.408. The molecule has 5 rings (SSSR count). The van der Waals surface area contributed by atoms with Crippen LogP contribution in [0, 0.1) is 27.2 Å². The third-order valence-electron chi connectivity index (χ3n) is 6.32. The van der Waals surface area contributed by atoms with Crippen LogP contribution in [-0.2, 0) is 14.3 Å². The first-order valence-corrected chi connectivity index (χ1v) is 11.7. The molecule has 2 aromatic rings. The third kappa shape index (κ3) is 3.33. The largest absolute Gasteiger partial charge is 0.461 e. The zero-order chi connectivity index (χ0) is 21.0. The number of hydrogen-bond donors (Lipinski definition) is 2. The number of anilines is 2. The fraction of sp³-hybridized carbons (Fsp3) is 0.318. The molecule has 2 bridgehead atoms. The van der Waals surface area contributed by atoms with Gasteiger partial charge in [0, 0.05) is 26.4 Å². The monoisotopic (exact) mass is 580 g/mol. The highest BCUT2D eigenvalue weighted by Gasteiger charge is 2.67. The minimum Gasteiger partial charge on any atom is -0.461 e. The second kappa shape index (κ2) is 7.64. The SMILES string of the molecule is O=C(Nc1ccc(I)cc1)c1cccc(NC(=O)[C@@H]2[C@H]3C[C@H]4[C@H](OC(=O)[C@H]42)[C@H]3Br)c1. The van der Waals surface area contributed by atoms with E-state index in [1.165, 1.54) is 0 Å². The number of halogens is 2. The Morgan fingerprint density at radius 3 is 2.57 bits per heavy atom. The van der Waals surface area contributed by atoms with Crippen LogP contribution in [0.25, 0.3) is 0 Å². The number of carbonyl (C=O) groups is 3. The lowest BCUT2D eigenvalue weighted by molar-refractivity contribution is -0.145. The van der Waals surface area contributed by atoms with E-state index in [1.807, 2.05) is 24.3 Å². The third-order valence-corrected chi connectivity index (χ3v) is 8.24. The fourth-order valence-corrected chi connectivity index (χ4v) is 6.43. The second-order valence-corrected chi connectivity index (χ2v) is 10.3. The van der Waals surface area contributed by atoms with Gasteiger partial charge < -0.3 is 15.4 Å². The second-order valence-electron chi connectivity index (χ2n) is 7.99. The molecule has 6 atom stereocenters. The van der Waals surface area contributed by atoms with E-state index in [-0.39, 0.29) is 46.5 Å². The minimum absolute atomic E-state index is 0.0204. The van der Waals surface area contributed by atoms with Crippen LogP contribution in [0.2, 0.25) is 0 Å². The molecule has 6 nitrogen and oxygen atoms in total. The van der Waals surface area contributed by atoms with Crippen molar-refractivity contribution in [3.8, 4) is 0 Å². The van der Waals surface area contributed by atoms with Gasteiger partial charge in [0.25, 0.3) is 5.91 Å². The molecular formula is C22H18BrIN2O4. The van der Waals surface area contributed by atoms with Crippen molar-refractivity contribution in [2.45, 2.75) is 17.4 Å². The van der Waals surface area contributed by atoms with Crippen LogP contribution in [0.15, 0.2) is 48.5 Å². The van der Waals surface area contributed by atoms with Crippen molar-refractivity contribution in [2.75, 3.05) is 10.6 Å². The number of alkyl halides is 1. The van der Waals surface area contributed by atoms with Gasteiger partial charge in [0.15, 0.2) is 0 Å². The Labute approximate surface area is 195 Å². The number of esters is 1. The first kappa shape index (κ1) is 20.0. The number of fused-ring (bicyclic) bond motifs is 1. The van der Waals surface area contributed by atoms with Gasteiger partial charge in [0.2, 0.25) is 5.91 Å². The summed E-state index contributed by atoms with van der Waals surface area (Å²) in [5.74, 6) is -1.27. The van der Waals surface area contributed by atoms with Gasteiger partial charge in [-0.15, -0.1) is 0 Å². The molecular weight excluding hydrogens is 563 g/mol. The molecule has 2 aromatic carbocycles. The van der Waals surface area contributed by atoms with E-state index < -0.39 is 5.92 Å². The van der Waals surface area contributed by atoms with Crippen LogP contribution in [0.1, 0.15) is 16.8 Å². The van der Waals surface area contributed by atoms with Crippen LogP contribution < -0.4 is 10.6 Å². The van der Waals surface area contributed by atoms with E-state index in [1.54, 1.807) is 24.3 Å². The molecule has 3 fully saturated rings. The van der Waals surface area contributed by atoms with E-state index in [2.05, 4.69) is 49.2 Å². The summed E-state index contributed by atoms with van der Waals surface area (Å²) in [4.78, 5) is 37.9. The Bertz CT molecular complexity index is 1040. The predicted octanol–water partition coefficient (Wildman–Crippen LogP) is 4.05. The number of rotatable bonds is 4. The van der Waals surface area contributed by atoms with Crippen LogP contribution in [-0.4, -0.2) is 28.7 Å². The molecule has 2 aliphatic carbocycles. The lowest BCUT2D eigenvalue weighted by Crippen LogP contribution is -2.40. The number of carbonyl (C=O) groups excluding carboxylic acids is 3. The van der Waals surface area contributed by atoms with Crippen LogP contribution in [0.3, 0.4) is 0 Å². The summed E-state index contributed by atoms with van der Waals surface area (Å²) < 4.78 is 6.56.